The van der Waals surface area contributed by atoms with Crippen molar-refractivity contribution >= 4 is 11.8 Å². The van der Waals surface area contributed by atoms with Gasteiger partial charge in [0.2, 0.25) is 11.8 Å². The summed E-state index contributed by atoms with van der Waals surface area (Å²) in [6, 6.07) is 9.66. The first-order valence-corrected chi connectivity index (χ1v) is 12.3. The second-order valence-electron chi connectivity index (χ2n) is 9.64. The second kappa shape index (κ2) is 11.1. The van der Waals surface area contributed by atoms with Gasteiger partial charge in [0.1, 0.15) is 5.60 Å². The number of ether oxygens (including phenoxy) is 1. The van der Waals surface area contributed by atoms with Crippen molar-refractivity contribution in [3.05, 3.63) is 59.3 Å². The molecule has 200 valence electrons. The third-order valence-corrected chi connectivity index (χ3v) is 7.15. The standard InChI is InChI=1S/C26H31F3N4O4/c1-37-23-7-3-6-21(32-23)25(36)11-8-20(9-12-25)33-13-10-19(16-33)31-22(34)15-30-24(35)17-4-2-5-18(14-17)26(27,28)29/h2-7,14,19-20,36H,8-13,15-16H2,1H3,(H,30,35)(H,31,34). The van der Waals surface area contributed by atoms with E-state index in [9.17, 15) is 27.9 Å². The molecule has 1 aliphatic carbocycles. The summed E-state index contributed by atoms with van der Waals surface area (Å²) in [7, 11) is 1.54. The number of carbonyl (C=O) groups excluding carboxylic acids is 2. The normalized spacial score (nSPS) is 24.5. The summed E-state index contributed by atoms with van der Waals surface area (Å²) in [6.45, 7) is 1.14. The summed E-state index contributed by atoms with van der Waals surface area (Å²) < 4.78 is 43.8. The number of pyridine rings is 1. The Bertz CT molecular complexity index is 1120. The molecule has 1 aliphatic heterocycles. The number of aromatic nitrogens is 1. The Morgan fingerprint density at radius 3 is 2.59 bits per heavy atom. The molecule has 2 heterocycles. The van der Waals surface area contributed by atoms with E-state index in [0.717, 1.165) is 44.0 Å². The maximum Gasteiger partial charge on any atom is 0.416 e. The number of nitrogens with one attached hydrogen (secondary N) is 2. The fourth-order valence-corrected chi connectivity index (χ4v) is 5.10. The number of halogens is 3. The van der Waals surface area contributed by atoms with Crippen molar-refractivity contribution in [2.75, 3.05) is 26.7 Å². The van der Waals surface area contributed by atoms with E-state index in [0.29, 0.717) is 31.0 Å². The Balaban J connectivity index is 1.22. The van der Waals surface area contributed by atoms with E-state index in [1.54, 1.807) is 13.2 Å². The number of alkyl halides is 3. The van der Waals surface area contributed by atoms with Gasteiger partial charge in [-0.2, -0.15) is 13.2 Å². The molecule has 37 heavy (non-hydrogen) atoms. The Kier molecular flexibility index (Phi) is 8.03. The smallest absolute Gasteiger partial charge is 0.416 e. The average Bonchev–Trinajstić information content (AvgIpc) is 3.35. The van der Waals surface area contributed by atoms with Gasteiger partial charge in [0.05, 0.1) is 24.9 Å². The lowest BCUT2D eigenvalue weighted by molar-refractivity contribution is -0.137. The van der Waals surface area contributed by atoms with Crippen LogP contribution in [0.4, 0.5) is 13.2 Å². The first kappa shape index (κ1) is 26.9. The van der Waals surface area contributed by atoms with E-state index in [-0.39, 0.29) is 24.2 Å². The van der Waals surface area contributed by atoms with Gasteiger partial charge in [0.15, 0.2) is 0 Å². The van der Waals surface area contributed by atoms with Gasteiger partial charge in [0, 0.05) is 36.8 Å². The lowest BCUT2D eigenvalue weighted by Crippen LogP contribution is -2.45. The number of hydrogen-bond acceptors (Lipinski definition) is 6. The third-order valence-electron chi connectivity index (χ3n) is 7.15. The SMILES string of the molecule is COc1cccc(C2(O)CCC(N3CCC(NC(=O)CNC(=O)c4cccc(C(F)(F)F)c4)C3)CC2)n1. The number of carbonyl (C=O) groups is 2. The second-order valence-corrected chi connectivity index (χ2v) is 9.64. The molecule has 1 unspecified atom stereocenters. The highest BCUT2D eigenvalue weighted by atomic mass is 19.4. The maximum absolute atomic E-state index is 12.9. The van der Waals surface area contributed by atoms with Crippen LogP contribution in [-0.4, -0.2) is 65.6 Å². The van der Waals surface area contributed by atoms with Crippen LogP contribution in [0.1, 0.15) is 53.7 Å². The molecule has 11 heteroatoms. The molecule has 1 saturated heterocycles. The van der Waals surface area contributed by atoms with Crippen molar-refractivity contribution in [3.8, 4) is 5.88 Å². The minimum Gasteiger partial charge on any atom is -0.481 e. The number of aliphatic hydroxyl groups is 1. The first-order chi connectivity index (χ1) is 17.6. The summed E-state index contributed by atoms with van der Waals surface area (Å²) in [6.07, 6.45) is -1.05. The zero-order valence-corrected chi connectivity index (χ0v) is 20.6. The highest BCUT2D eigenvalue weighted by Gasteiger charge is 2.39. The molecular formula is C26H31F3N4O4. The van der Waals surface area contributed by atoms with Crippen molar-refractivity contribution in [1.29, 1.82) is 0 Å². The molecule has 3 N–H and O–H groups in total. The predicted molar refractivity (Wildman–Crippen MR) is 129 cm³/mol. The molecule has 0 bridgehead atoms. The number of likely N-dealkylation sites (tertiary alicyclic amines) is 1. The average molecular weight is 521 g/mol. The van der Waals surface area contributed by atoms with Crippen molar-refractivity contribution in [2.24, 2.45) is 0 Å². The van der Waals surface area contributed by atoms with Gasteiger partial charge in [-0.25, -0.2) is 4.98 Å². The Hall–Kier alpha value is -3.18. The molecule has 4 rings (SSSR count). The molecule has 1 aromatic heterocycles. The Labute approximate surface area is 213 Å². The minimum atomic E-state index is -4.55. The van der Waals surface area contributed by atoms with E-state index in [4.69, 9.17) is 4.74 Å². The number of hydrogen-bond donors (Lipinski definition) is 3. The van der Waals surface area contributed by atoms with E-state index < -0.39 is 29.2 Å². The van der Waals surface area contributed by atoms with Crippen molar-refractivity contribution in [2.45, 2.75) is 56.0 Å². The van der Waals surface area contributed by atoms with E-state index >= 15 is 0 Å². The summed E-state index contributed by atoms with van der Waals surface area (Å²) in [5.41, 5.74) is -1.45. The number of amides is 2. The third kappa shape index (κ3) is 6.58. The molecule has 2 aromatic rings. The van der Waals surface area contributed by atoms with Gasteiger partial charge in [0.25, 0.3) is 5.91 Å². The van der Waals surface area contributed by atoms with Gasteiger partial charge in [-0.3, -0.25) is 14.5 Å². The topological polar surface area (TPSA) is 104 Å². The van der Waals surface area contributed by atoms with Crippen molar-refractivity contribution < 1.29 is 32.6 Å². The number of benzene rings is 1. The van der Waals surface area contributed by atoms with Crippen LogP contribution in [-0.2, 0) is 16.6 Å². The molecule has 0 radical (unpaired) electrons. The fraction of sp³-hybridized carbons (Fsp3) is 0.500. The predicted octanol–water partition coefficient (Wildman–Crippen LogP) is 2.86. The summed E-state index contributed by atoms with van der Waals surface area (Å²) in [5, 5.41) is 16.4. The minimum absolute atomic E-state index is 0.0844. The fourth-order valence-electron chi connectivity index (χ4n) is 5.10. The van der Waals surface area contributed by atoms with E-state index in [1.807, 2.05) is 12.1 Å². The molecule has 1 atom stereocenters. The molecule has 0 spiro atoms. The first-order valence-electron chi connectivity index (χ1n) is 12.3. The van der Waals surface area contributed by atoms with Crippen molar-refractivity contribution in [1.82, 2.24) is 20.5 Å². The number of nitrogens with zero attached hydrogens (tertiary/aromatic N) is 2. The van der Waals surface area contributed by atoms with Crippen LogP contribution in [0.15, 0.2) is 42.5 Å². The number of methoxy groups -OCH3 is 1. The molecule has 2 amide bonds. The van der Waals surface area contributed by atoms with Crippen LogP contribution < -0.4 is 15.4 Å². The highest BCUT2D eigenvalue weighted by molar-refractivity contribution is 5.96. The van der Waals surface area contributed by atoms with E-state index in [2.05, 4.69) is 20.5 Å². The quantitative estimate of drug-likeness (QED) is 0.519. The van der Waals surface area contributed by atoms with Crippen LogP contribution in [0.3, 0.4) is 0 Å². The van der Waals surface area contributed by atoms with Crippen LogP contribution in [0.5, 0.6) is 5.88 Å². The van der Waals surface area contributed by atoms with Gasteiger partial charge in [-0.05, 0) is 56.4 Å². The van der Waals surface area contributed by atoms with Crippen LogP contribution in [0.25, 0.3) is 0 Å². The molecule has 1 saturated carbocycles. The van der Waals surface area contributed by atoms with Crippen LogP contribution in [0, 0.1) is 0 Å². The van der Waals surface area contributed by atoms with Gasteiger partial charge >= 0.3 is 6.18 Å². The van der Waals surface area contributed by atoms with Gasteiger partial charge in [-0.15, -0.1) is 0 Å². The summed E-state index contributed by atoms with van der Waals surface area (Å²) in [5.74, 6) is -0.666. The van der Waals surface area contributed by atoms with E-state index in [1.165, 1.54) is 6.07 Å². The zero-order valence-electron chi connectivity index (χ0n) is 20.6. The molecule has 8 nitrogen and oxygen atoms in total. The molecule has 2 fully saturated rings. The Morgan fingerprint density at radius 1 is 1.16 bits per heavy atom. The maximum atomic E-state index is 12.9. The number of rotatable bonds is 7. The summed E-state index contributed by atoms with van der Waals surface area (Å²) in [4.78, 5) is 31.3. The molecule has 2 aliphatic rings. The van der Waals surface area contributed by atoms with Gasteiger partial charge < -0.3 is 20.5 Å². The molecular weight excluding hydrogens is 489 g/mol. The molecule has 1 aromatic carbocycles. The lowest BCUT2D eigenvalue weighted by atomic mass is 9.79. The lowest BCUT2D eigenvalue weighted by Gasteiger charge is -2.39. The van der Waals surface area contributed by atoms with Crippen LogP contribution >= 0.6 is 0 Å². The Morgan fingerprint density at radius 2 is 1.89 bits per heavy atom. The van der Waals surface area contributed by atoms with Crippen LogP contribution in [0.2, 0.25) is 0 Å². The highest BCUT2D eigenvalue weighted by Crippen LogP contribution is 2.39. The summed E-state index contributed by atoms with van der Waals surface area (Å²) >= 11 is 0. The van der Waals surface area contributed by atoms with Crippen molar-refractivity contribution in [3.63, 3.8) is 0 Å². The zero-order chi connectivity index (χ0) is 26.6. The van der Waals surface area contributed by atoms with Gasteiger partial charge in [-0.1, -0.05) is 12.1 Å². The largest absolute Gasteiger partial charge is 0.481 e. The monoisotopic (exact) mass is 520 g/mol.